The maximum absolute atomic E-state index is 13.0. The molecule has 4 rings (SSSR count). The Hall–Kier alpha value is -2.96. The first kappa shape index (κ1) is 35.2. The van der Waals surface area contributed by atoms with Gasteiger partial charge in [-0.25, -0.2) is 8.42 Å². The van der Waals surface area contributed by atoms with Crippen LogP contribution in [0.4, 0.5) is 5.69 Å². The lowest BCUT2D eigenvalue weighted by Crippen LogP contribution is -2.47. The number of sulfonamides is 1. The Balaban J connectivity index is 0.000000535. The molecule has 42 heavy (non-hydrogen) atoms. The quantitative estimate of drug-likeness (QED) is 0.274. The van der Waals surface area contributed by atoms with Gasteiger partial charge in [0, 0.05) is 57.7 Å². The van der Waals surface area contributed by atoms with Crippen molar-refractivity contribution >= 4 is 21.5 Å². The summed E-state index contributed by atoms with van der Waals surface area (Å²) in [6.45, 7) is 17.8. The van der Waals surface area contributed by atoms with E-state index in [9.17, 15) is 13.2 Å². The average Bonchev–Trinajstić information content (AvgIpc) is 3.01. The van der Waals surface area contributed by atoms with E-state index in [4.69, 9.17) is 18.9 Å². The van der Waals surface area contributed by atoms with Gasteiger partial charge in [-0.05, 0) is 58.0 Å². The summed E-state index contributed by atoms with van der Waals surface area (Å²) in [6.07, 6.45) is 0.635. The van der Waals surface area contributed by atoms with Crippen LogP contribution in [0.3, 0.4) is 0 Å². The van der Waals surface area contributed by atoms with Crippen molar-refractivity contribution < 1.29 is 32.2 Å². The van der Waals surface area contributed by atoms with Crippen LogP contribution in [0.5, 0.6) is 11.5 Å². The minimum absolute atomic E-state index is 0.0370. The Morgan fingerprint density at radius 1 is 0.905 bits per heavy atom. The Morgan fingerprint density at radius 3 is 2.14 bits per heavy atom. The first-order valence-electron chi connectivity index (χ1n) is 14.3. The Morgan fingerprint density at radius 2 is 1.55 bits per heavy atom. The number of anilines is 1. The maximum atomic E-state index is 13.0. The summed E-state index contributed by atoms with van der Waals surface area (Å²) in [5.74, 6) is 0.935. The molecule has 2 aliphatic rings. The van der Waals surface area contributed by atoms with Gasteiger partial charge in [0.1, 0.15) is 11.5 Å². The number of nitrogens with zero attached hydrogens (tertiary/aromatic N) is 3. The van der Waals surface area contributed by atoms with E-state index in [0.29, 0.717) is 18.7 Å². The third-order valence-corrected chi connectivity index (χ3v) is 8.79. The number of Topliss-reactive ketones (excluding diaryl/α,β-unsaturated/α-hetero) is 1. The molecule has 0 atom stereocenters. The lowest BCUT2D eigenvalue weighted by atomic mass is 10.1. The zero-order valence-corrected chi connectivity index (χ0v) is 26.5. The molecule has 0 aromatic heterocycles. The fourth-order valence-electron chi connectivity index (χ4n) is 4.86. The van der Waals surface area contributed by atoms with E-state index >= 15 is 0 Å². The van der Waals surface area contributed by atoms with Crippen LogP contribution in [0, 0.1) is 0 Å². The Bertz CT molecular complexity index is 1210. The van der Waals surface area contributed by atoms with Gasteiger partial charge in [0.05, 0.1) is 31.2 Å². The first-order valence-corrected chi connectivity index (χ1v) is 15.7. The number of carbonyl (C=O) groups is 1. The number of methoxy groups -OCH3 is 2. The normalized spacial score (nSPS) is 16.5. The molecule has 0 aliphatic carbocycles. The molecule has 0 saturated carbocycles. The molecule has 0 radical (unpaired) electrons. The van der Waals surface area contributed by atoms with Gasteiger partial charge in [0.25, 0.3) is 0 Å². The molecular formula is C31H47N3O7S. The van der Waals surface area contributed by atoms with Gasteiger partial charge >= 0.3 is 0 Å². The van der Waals surface area contributed by atoms with Crippen LogP contribution in [-0.4, -0.2) is 103 Å². The van der Waals surface area contributed by atoms with Gasteiger partial charge in [0.2, 0.25) is 10.0 Å². The monoisotopic (exact) mass is 605 g/mol. The van der Waals surface area contributed by atoms with E-state index in [1.54, 1.807) is 19.2 Å². The molecule has 2 heterocycles. The smallest absolute Gasteiger partial charge is 0.244 e. The summed E-state index contributed by atoms with van der Waals surface area (Å²) in [5, 5.41) is 0. The summed E-state index contributed by atoms with van der Waals surface area (Å²) in [6, 6.07) is 12.8. The van der Waals surface area contributed by atoms with E-state index < -0.39 is 10.0 Å². The standard InChI is InChI=1S/C23H29N3O5S.C6H14O2.C2H4/c1-30-19-7-3-6-18(16-19)25-14-12-24(13-15-25)10-5-11-26-17-20(27)23-21(31-2)8-4-9-22(23)32(26,28)29;1-4-7-6(3)8-5-2;1-2/h3-4,6-9,16H,5,10-15,17H2,1-2H3;6H,4-5H2,1-3H3;1-2H2. The highest BCUT2D eigenvalue weighted by atomic mass is 32.2. The third kappa shape index (κ3) is 9.53. The molecule has 10 nitrogen and oxygen atoms in total. The predicted octanol–water partition coefficient (Wildman–Crippen LogP) is 4.31. The summed E-state index contributed by atoms with van der Waals surface area (Å²) >= 11 is 0. The number of carbonyl (C=O) groups excluding carboxylic acids is 1. The molecule has 0 spiro atoms. The summed E-state index contributed by atoms with van der Waals surface area (Å²) in [5.41, 5.74) is 1.32. The van der Waals surface area contributed by atoms with E-state index in [2.05, 4.69) is 29.0 Å². The van der Waals surface area contributed by atoms with Gasteiger partial charge in [-0.2, -0.15) is 4.31 Å². The molecule has 1 saturated heterocycles. The van der Waals surface area contributed by atoms with Crippen molar-refractivity contribution in [2.45, 2.75) is 38.4 Å². The predicted molar refractivity (Wildman–Crippen MR) is 166 cm³/mol. The molecule has 0 unspecified atom stereocenters. The van der Waals surface area contributed by atoms with Crippen LogP contribution in [-0.2, 0) is 19.5 Å². The zero-order chi connectivity index (χ0) is 31.1. The number of fused-ring (bicyclic) bond motifs is 1. The molecule has 2 aromatic rings. The van der Waals surface area contributed by atoms with Crippen molar-refractivity contribution in [3.63, 3.8) is 0 Å². The van der Waals surface area contributed by atoms with Crippen molar-refractivity contribution in [2.24, 2.45) is 0 Å². The number of hydrogen-bond acceptors (Lipinski definition) is 9. The highest BCUT2D eigenvalue weighted by Crippen LogP contribution is 2.32. The van der Waals surface area contributed by atoms with Crippen LogP contribution in [0.25, 0.3) is 0 Å². The average molecular weight is 606 g/mol. The third-order valence-electron chi connectivity index (χ3n) is 6.90. The summed E-state index contributed by atoms with van der Waals surface area (Å²) in [7, 11) is -0.600. The summed E-state index contributed by atoms with van der Waals surface area (Å²) in [4.78, 5) is 17.3. The van der Waals surface area contributed by atoms with Gasteiger partial charge in [-0.3, -0.25) is 9.69 Å². The van der Waals surface area contributed by atoms with Gasteiger partial charge in [-0.15, -0.1) is 13.2 Å². The minimum Gasteiger partial charge on any atom is -0.497 e. The second-order valence-corrected chi connectivity index (χ2v) is 11.4. The molecule has 0 bridgehead atoms. The highest BCUT2D eigenvalue weighted by Gasteiger charge is 2.37. The van der Waals surface area contributed by atoms with E-state index in [-0.39, 0.29) is 29.1 Å². The molecule has 2 aliphatic heterocycles. The fourth-order valence-corrected chi connectivity index (χ4v) is 6.52. The van der Waals surface area contributed by atoms with E-state index in [1.807, 2.05) is 39.0 Å². The van der Waals surface area contributed by atoms with Crippen molar-refractivity contribution in [3.05, 3.63) is 61.2 Å². The molecule has 0 N–H and O–H groups in total. The van der Waals surface area contributed by atoms with Gasteiger partial charge in [0.15, 0.2) is 12.1 Å². The van der Waals surface area contributed by atoms with Crippen LogP contribution < -0.4 is 14.4 Å². The number of ketones is 1. The van der Waals surface area contributed by atoms with Crippen LogP contribution in [0.1, 0.15) is 37.6 Å². The molecular weight excluding hydrogens is 558 g/mol. The SMILES string of the molecule is C=C.CCOC(C)OCC.COc1cccc(N2CCN(CCCN3CC(=O)c4c(OC)cccc4S3(=O)=O)CC2)c1. The van der Waals surface area contributed by atoms with Crippen molar-refractivity contribution in [1.29, 1.82) is 0 Å². The molecule has 234 valence electrons. The maximum Gasteiger partial charge on any atom is 0.244 e. The zero-order valence-electron chi connectivity index (χ0n) is 25.7. The van der Waals surface area contributed by atoms with Crippen LogP contribution in [0.15, 0.2) is 60.5 Å². The van der Waals surface area contributed by atoms with Gasteiger partial charge in [-0.1, -0.05) is 12.1 Å². The summed E-state index contributed by atoms with van der Waals surface area (Å²) < 4.78 is 48.0. The minimum atomic E-state index is -3.71. The van der Waals surface area contributed by atoms with Gasteiger partial charge < -0.3 is 23.8 Å². The lowest BCUT2D eigenvalue weighted by molar-refractivity contribution is -0.123. The Labute approximate surface area is 251 Å². The highest BCUT2D eigenvalue weighted by molar-refractivity contribution is 7.89. The second-order valence-electron chi connectivity index (χ2n) is 9.46. The molecule has 2 aromatic carbocycles. The van der Waals surface area contributed by atoms with E-state index in [0.717, 1.165) is 57.4 Å². The molecule has 0 amide bonds. The number of rotatable bonds is 11. The molecule has 1 fully saturated rings. The van der Waals surface area contributed by atoms with Crippen molar-refractivity contribution in [1.82, 2.24) is 9.21 Å². The van der Waals surface area contributed by atoms with Crippen molar-refractivity contribution in [3.8, 4) is 11.5 Å². The Kier molecular flexibility index (Phi) is 15.0. The number of ether oxygens (including phenoxy) is 4. The van der Waals surface area contributed by atoms with E-state index in [1.165, 1.54) is 17.5 Å². The molecule has 11 heteroatoms. The van der Waals surface area contributed by atoms with Crippen LogP contribution in [0.2, 0.25) is 0 Å². The van der Waals surface area contributed by atoms with Crippen LogP contribution >= 0.6 is 0 Å². The first-order chi connectivity index (χ1) is 20.2. The lowest BCUT2D eigenvalue weighted by Gasteiger charge is -2.36. The number of hydrogen-bond donors (Lipinski definition) is 0. The number of piperazine rings is 1. The topological polar surface area (TPSA) is 97.8 Å². The second kappa shape index (κ2) is 17.9. The largest absolute Gasteiger partial charge is 0.497 e. The number of benzene rings is 2. The fraction of sp³-hybridized carbons (Fsp3) is 0.516. The van der Waals surface area contributed by atoms with Crippen molar-refractivity contribution in [2.75, 3.05) is 78.1 Å².